The second-order valence-electron chi connectivity index (χ2n) is 7.58. The van der Waals surface area contributed by atoms with Crippen molar-refractivity contribution in [2.24, 2.45) is 0 Å². The van der Waals surface area contributed by atoms with Crippen molar-refractivity contribution in [1.29, 1.82) is 5.26 Å². The lowest BCUT2D eigenvalue weighted by Crippen LogP contribution is -2.36. The highest BCUT2D eigenvalue weighted by Crippen LogP contribution is 2.26. The lowest BCUT2D eigenvalue weighted by Gasteiger charge is -2.22. The summed E-state index contributed by atoms with van der Waals surface area (Å²) in [5.74, 6) is -1.51. The molecule has 1 aliphatic carbocycles. The van der Waals surface area contributed by atoms with Crippen molar-refractivity contribution in [3.05, 3.63) is 76.0 Å². The van der Waals surface area contributed by atoms with Gasteiger partial charge in [-0.05, 0) is 43.2 Å². The van der Waals surface area contributed by atoms with Gasteiger partial charge >= 0.3 is 0 Å². The number of hydrogen-bond donors (Lipinski definition) is 1. The van der Waals surface area contributed by atoms with Crippen LogP contribution in [-0.4, -0.2) is 21.3 Å². The van der Waals surface area contributed by atoms with Gasteiger partial charge in [-0.1, -0.05) is 37.5 Å². The highest BCUT2D eigenvalue weighted by Gasteiger charge is 2.21. The first-order valence-corrected chi connectivity index (χ1v) is 10.4. The van der Waals surface area contributed by atoms with Crippen molar-refractivity contribution in [2.75, 3.05) is 0 Å². The molecule has 0 aliphatic heterocycles. The van der Waals surface area contributed by atoms with Crippen molar-refractivity contribution in [3.8, 4) is 17.7 Å². The molecule has 0 atom stereocenters. The van der Waals surface area contributed by atoms with Crippen LogP contribution in [0.15, 0.2) is 59.0 Å². The molecule has 1 saturated carbocycles. The van der Waals surface area contributed by atoms with Gasteiger partial charge in [0.1, 0.15) is 22.9 Å². The Morgan fingerprint density at radius 3 is 2.69 bits per heavy atom. The van der Waals surface area contributed by atoms with E-state index < -0.39 is 17.3 Å². The fourth-order valence-electron chi connectivity index (χ4n) is 3.72. The van der Waals surface area contributed by atoms with Crippen LogP contribution >= 0.6 is 0 Å². The fourth-order valence-corrected chi connectivity index (χ4v) is 3.72. The third kappa shape index (κ3) is 4.52. The first-order chi connectivity index (χ1) is 15.6. The summed E-state index contributed by atoms with van der Waals surface area (Å²) < 4.78 is 21.1. The van der Waals surface area contributed by atoms with Crippen molar-refractivity contribution in [3.63, 3.8) is 0 Å². The first kappa shape index (κ1) is 21.2. The number of amides is 1. The van der Waals surface area contributed by atoms with E-state index in [0.717, 1.165) is 38.2 Å². The number of ether oxygens (including phenoxy) is 1. The van der Waals surface area contributed by atoms with Crippen molar-refractivity contribution in [1.82, 2.24) is 14.7 Å². The molecule has 1 aromatic carbocycles. The molecule has 1 N–H and O–H groups in total. The first-order valence-electron chi connectivity index (χ1n) is 10.4. The summed E-state index contributed by atoms with van der Waals surface area (Å²) >= 11 is 0. The minimum absolute atomic E-state index is 0.00189. The molecule has 0 radical (unpaired) electrons. The van der Waals surface area contributed by atoms with E-state index in [2.05, 4.69) is 10.3 Å². The molecule has 2 aromatic heterocycles. The number of para-hydroxylation sites is 1. The smallest absolute Gasteiger partial charge is 0.269 e. The standard InChI is InChI=1S/C24H21FN4O3/c25-19-10-4-5-11-20(19)32-23-18(24(31)29-13-7-6-12-21(29)28-23)14-16(15-26)22(30)27-17-8-2-1-3-9-17/h4-7,10-14,17H,1-3,8-9H2,(H,27,30)/b16-14+. The van der Waals surface area contributed by atoms with Gasteiger partial charge in [0, 0.05) is 12.2 Å². The number of rotatable bonds is 5. The summed E-state index contributed by atoms with van der Waals surface area (Å²) in [6.45, 7) is 0. The number of fused-ring (bicyclic) bond motifs is 1. The zero-order valence-electron chi connectivity index (χ0n) is 17.3. The average molecular weight is 432 g/mol. The Labute approximate surface area is 183 Å². The van der Waals surface area contributed by atoms with Gasteiger partial charge in [-0.15, -0.1) is 0 Å². The molecule has 0 unspecified atom stereocenters. The van der Waals surface area contributed by atoms with Gasteiger partial charge in [-0.2, -0.15) is 10.2 Å². The minimum Gasteiger partial charge on any atom is -0.435 e. The number of benzene rings is 1. The van der Waals surface area contributed by atoms with Gasteiger partial charge in [0.15, 0.2) is 11.6 Å². The topological polar surface area (TPSA) is 96.5 Å². The average Bonchev–Trinajstić information content (AvgIpc) is 2.81. The number of carbonyl (C=O) groups excluding carboxylic acids is 1. The zero-order valence-corrected chi connectivity index (χ0v) is 17.3. The van der Waals surface area contributed by atoms with Gasteiger partial charge < -0.3 is 10.1 Å². The van der Waals surface area contributed by atoms with E-state index in [-0.39, 0.29) is 34.5 Å². The normalized spacial score (nSPS) is 14.7. The molecule has 32 heavy (non-hydrogen) atoms. The van der Waals surface area contributed by atoms with E-state index in [9.17, 15) is 19.2 Å². The molecule has 1 fully saturated rings. The second kappa shape index (κ2) is 9.43. The van der Waals surface area contributed by atoms with E-state index in [1.807, 2.05) is 6.07 Å². The molecule has 2 heterocycles. The maximum Gasteiger partial charge on any atom is 0.269 e. The Morgan fingerprint density at radius 1 is 1.19 bits per heavy atom. The monoisotopic (exact) mass is 432 g/mol. The van der Waals surface area contributed by atoms with E-state index in [1.165, 1.54) is 28.8 Å². The van der Waals surface area contributed by atoms with Gasteiger partial charge in [-0.25, -0.2) is 4.39 Å². The molecular weight excluding hydrogens is 411 g/mol. The summed E-state index contributed by atoms with van der Waals surface area (Å²) in [6, 6.07) is 12.5. The Kier molecular flexibility index (Phi) is 6.26. The number of carbonyl (C=O) groups is 1. The second-order valence-corrected chi connectivity index (χ2v) is 7.58. The third-order valence-corrected chi connectivity index (χ3v) is 5.37. The number of halogens is 1. The van der Waals surface area contributed by atoms with Crippen LogP contribution in [0.25, 0.3) is 11.7 Å². The summed E-state index contributed by atoms with van der Waals surface area (Å²) in [4.78, 5) is 30.2. The summed E-state index contributed by atoms with van der Waals surface area (Å²) in [7, 11) is 0. The number of nitrogens with zero attached hydrogens (tertiary/aromatic N) is 3. The number of pyridine rings is 1. The Bertz CT molecular complexity index is 1290. The molecule has 0 saturated heterocycles. The van der Waals surface area contributed by atoms with E-state index in [1.54, 1.807) is 24.3 Å². The summed E-state index contributed by atoms with van der Waals surface area (Å²) in [6.07, 6.45) is 7.55. The van der Waals surface area contributed by atoms with Crippen LogP contribution in [0.1, 0.15) is 37.7 Å². The van der Waals surface area contributed by atoms with Gasteiger partial charge in [0.25, 0.3) is 11.5 Å². The van der Waals surface area contributed by atoms with Gasteiger partial charge in [-0.3, -0.25) is 14.0 Å². The lowest BCUT2D eigenvalue weighted by molar-refractivity contribution is -0.117. The van der Waals surface area contributed by atoms with E-state index in [0.29, 0.717) is 0 Å². The largest absolute Gasteiger partial charge is 0.435 e. The predicted octanol–water partition coefficient (Wildman–Crippen LogP) is 3.98. The summed E-state index contributed by atoms with van der Waals surface area (Å²) in [5.41, 5.74) is -0.623. The van der Waals surface area contributed by atoms with Crippen molar-refractivity contribution >= 4 is 17.6 Å². The molecular formula is C24H21FN4O3. The number of hydrogen-bond acceptors (Lipinski definition) is 5. The SMILES string of the molecule is N#C/C(=C\c1c(Oc2ccccc2F)nc2ccccn2c1=O)C(=O)NC1CCCCC1. The molecule has 1 aliphatic rings. The quantitative estimate of drug-likeness (QED) is 0.486. The third-order valence-electron chi connectivity index (χ3n) is 5.37. The van der Waals surface area contributed by atoms with Crippen LogP contribution < -0.4 is 15.6 Å². The molecule has 0 bridgehead atoms. The molecule has 162 valence electrons. The van der Waals surface area contributed by atoms with Gasteiger partial charge in [0.2, 0.25) is 5.88 Å². The highest BCUT2D eigenvalue weighted by atomic mass is 19.1. The van der Waals surface area contributed by atoms with Crippen molar-refractivity contribution < 1.29 is 13.9 Å². The summed E-state index contributed by atoms with van der Waals surface area (Å²) in [5, 5.41) is 12.5. The minimum atomic E-state index is -0.631. The maximum absolute atomic E-state index is 14.2. The lowest BCUT2D eigenvalue weighted by atomic mass is 9.95. The predicted molar refractivity (Wildman–Crippen MR) is 117 cm³/mol. The van der Waals surface area contributed by atoms with Crippen LogP contribution in [0.5, 0.6) is 11.6 Å². The molecule has 3 aromatic rings. The Balaban J connectivity index is 1.77. The Morgan fingerprint density at radius 2 is 1.94 bits per heavy atom. The molecule has 0 spiro atoms. The molecule has 4 rings (SSSR count). The van der Waals surface area contributed by atoms with Crippen LogP contribution in [0, 0.1) is 17.1 Å². The zero-order chi connectivity index (χ0) is 22.5. The van der Waals surface area contributed by atoms with E-state index in [4.69, 9.17) is 4.74 Å². The molecule has 8 heteroatoms. The van der Waals surface area contributed by atoms with Crippen molar-refractivity contribution in [2.45, 2.75) is 38.1 Å². The Hall–Kier alpha value is -3.99. The fraction of sp³-hybridized carbons (Fsp3) is 0.250. The van der Waals surface area contributed by atoms with Crippen LogP contribution in [-0.2, 0) is 4.79 Å². The number of aromatic nitrogens is 2. The molecule has 7 nitrogen and oxygen atoms in total. The van der Waals surface area contributed by atoms with Crippen LogP contribution in [0.2, 0.25) is 0 Å². The highest BCUT2D eigenvalue weighted by molar-refractivity contribution is 6.02. The number of nitriles is 1. The van der Waals surface area contributed by atoms with E-state index >= 15 is 0 Å². The number of nitrogens with one attached hydrogen (secondary N) is 1. The van der Waals surface area contributed by atoms with Crippen LogP contribution in [0.3, 0.4) is 0 Å². The maximum atomic E-state index is 14.2. The van der Waals surface area contributed by atoms with Crippen LogP contribution in [0.4, 0.5) is 4.39 Å². The van der Waals surface area contributed by atoms with Gasteiger partial charge in [0.05, 0.1) is 0 Å². The molecule has 1 amide bonds.